The van der Waals surface area contributed by atoms with Gasteiger partial charge in [-0.15, -0.1) is 0 Å². The average Bonchev–Trinajstić information content (AvgIpc) is 2.63. The summed E-state index contributed by atoms with van der Waals surface area (Å²) in [5, 5.41) is 0. The highest BCUT2D eigenvalue weighted by molar-refractivity contribution is 9.10. The van der Waals surface area contributed by atoms with E-state index in [4.69, 9.17) is 0 Å². The van der Waals surface area contributed by atoms with E-state index in [1.807, 2.05) is 0 Å². The van der Waals surface area contributed by atoms with Crippen molar-refractivity contribution in [3.05, 3.63) is 28.7 Å². The first kappa shape index (κ1) is 13.1. The van der Waals surface area contributed by atoms with Crippen LogP contribution in [0, 0.1) is 5.92 Å². The summed E-state index contributed by atoms with van der Waals surface area (Å²) in [5.74, 6) is 0.618. The second-order valence-electron chi connectivity index (χ2n) is 4.69. The number of hydrogen-bond donors (Lipinski definition) is 1. The molecular formula is C12H16BrNO2S. The summed E-state index contributed by atoms with van der Waals surface area (Å²) in [6.45, 7) is 2.16. The fourth-order valence-electron chi connectivity index (χ4n) is 2.22. The van der Waals surface area contributed by atoms with E-state index in [-0.39, 0.29) is 6.04 Å². The highest BCUT2D eigenvalue weighted by atomic mass is 79.9. The van der Waals surface area contributed by atoms with Crippen molar-refractivity contribution in [2.45, 2.75) is 37.1 Å². The molecule has 0 bridgehead atoms. The van der Waals surface area contributed by atoms with Crippen molar-refractivity contribution in [2.75, 3.05) is 0 Å². The summed E-state index contributed by atoms with van der Waals surface area (Å²) in [4.78, 5) is 0.334. The van der Waals surface area contributed by atoms with Gasteiger partial charge in [-0.05, 0) is 49.4 Å². The van der Waals surface area contributed by atoms with E-state index in [0.29, 0.717) is 10.8 Å². The van der Waals surface area contributed by atoms with Crippen LogP contribution in [0.1, 0.15) is 26.2 Å². The van der Waals surface area contributed by atoms with Crippen LogP contribution in [-0.2, 0) is 10.0 Å². The summed E-state index contributed by atoms with van der Waals surface area (Å²) < 4.78 is 27.8. The van der Waals surface area contributed by atoms with Crippen LogP contribution in [-0.4, -0.2) is 14.5 Å². The molecule has 1 saturated carbocycles. The van der Waals surface area contributed by atoms with Crippen LogP contribution in [0.2, 0.25) is 0 Å². The summed E-state index contributed by atoms with van der Waals surface area (Å²) in [6.07, 6.45) is 2.99. The zero-order valence-corrected chi connectivity index (χ0v) is 12.1. The van der Waals surface area contributed by atoms with Crippen molar-refractivity contribution < 1.29 is 8.42 Å². The van der Waals surface area contributed by atoms with Crippen molar-refractivity contribution in [2.24, 2.45) is 5.92 Å². The Hall–Kier alpha value is -0.390. The molecule has 0 aliphatic heterocycles. The highest BCUT2D eigenvalue weighted by Gasteiger charge is 2.26. The Morgan fingerprint density at radius 3 is 2.41 bits per heavy atom. The van der Waals surface area contributed by atoms with Crippen LogP contribution in [0.25, 0.3) is 0 Å². The zero-order valence-electron chi connectivity index (χ0n) is 9.69. The molecule has 1 aromatic carbocycles. The standard InChI is InChI=1S/C12H16BrNO2S/c1-9-2-5-11(8-9)14-17(15,16)12-6-3-10(13)4-7-12/h3-4,6-7,9,11,14H,2,5,8H2,1H3. The lowest BCUT2D eigenvalue weighted by molar-refractivity contribution is 0.538. The molecule has 0 saturated heterocycles. The Morgan fingerprint density at radius 2 is 1.88 bits per heavy atom. The Labute approximate surface area is 111 Å². The topological polar surface area (TPSA) is 46.2 Å². The van der Waals surface area contributed by atoms with Gasteiger partial charge in [0.05, 0.1) is 4.90 Å². The summed E-state index contributed by atoms with van der Waals surface area (Å²) in [6, 6.07) is 6.81. The molecular weight excluding hydrogens is 302 g/mol. The van der Waals surface area contributed by atoms with Crippen LogP contribution >= 0.6 is 15.9 Å². The molecule has 2 rings (SSSR count). The molecule has 0 spiro atoms. The third-order valence-corrected chi connectivity index (χ3v) is 5.21. The second kappa shape index (κ2) is 5.08. The lowest BCUT2D eigenvalue weighted by atomic mass is 10.1. The minimum atomic E-state index is -3.35. The third-order valence-electron chi connectivity index (χ3n) is 3.14. The van der Waals surface area contributed by atoms with Crippen molar-refractivity contribution in [3.63, 3.8) is 0 Å². The maximum atomic E-state index is 12.1. The van der Waals surface area contributed by atoms with Gasteiger partial charge >= 0.3 is 0 Å². The number of nitrogens with one attached hydrogen (secondary N) is 1. The Morgan fingerprint density at radius 1 is 1.24 bits per heavy atom. The van der Waals surface area contributed by atoms with Crippen LogP contribution < -0.4 is 4.72 Å². The minimum Gasteiger partial charge on any atom is -0.208 e. The molecule has 1 N–H and O–H groups in total. The molecule has 5 heteroatoms. The van der Waals surface area contributed by atoms with Crippen LogP contribution in [0.15, 0.2) is 33.6 Å². The number of halogens is 1. The van der Waals surface area contributed by atoms with E-state index in [0.717, 1.165) is 23.7 Å². The van der Waals surface area contributed by atoms with Gasteiger partial charge in [-0.1, -0.05) is 22.9 Å². The van der Waals surface area contributed by atoms with Gasteiger partial charge in [-0.25, -0.2) is 13.1 Å². The molecule has 2 unspecified atom stereocenters. The molecule has 1 aliphatic rings. The van der Waals surface area contributed by atoms with Gasteiger partial charge in [0.1, 0.15) is 0 Å². The maximum Gasteiger partial charge on any atom is 0.240 e. The van der Waals surface area contributed by atoms with E-state index in [1.165, 1.54) is 0 Å². The van der Waals surface area contributed by atoms with Gasteiger partial charge in [-0.2, -0.15) is 0 Å². The van der Waals surface area contributed by atoms with Crippen molar-refractivity contribution in [1.82, 2.24) is 4.72 Å². The minimum absolute atomic E-state index is 0.0960. The van der Waals surface area contributed by atoms with Crippen molar-refractivity contribution in [3.8, 4) is 0 Å². The van der Waals surface area contributed by atoms with E-state index in [1.54, 1.807) is 24.3 Å². The van der Waals surface area contributed by atoms with E-state index in [9.17, 15) is 8.42 Å². The first-order valence-corrected chi connectivity index (χ1v) is 8.03. The lowest BCUT2D eigenvalue weighted by Gasteiger charge is -2.12. The largest absolute Gasteiger partial charge is 0.240 e. The van der Waals surface area contributed by atoms with E-state index in [2.05, 4.69) is 27.6 Å². The maximum absolute atomic E-state index is 12.1. The van der Waals surface area contributed by atoms with Gasteiger partial charge in [0, 0.05) is 10.5 Å². The molecule has 17 heavy (non-hydrogen) atoms. The Balaban J connectivity index is 2.11. The van der Waals surface area contributed by atoms with Crippen LogP contribution in [0.4, 0.5) is 0 Å². The highest BCUT2D eigenvalue weighted by Crippen LogP contribution is 2.26. The predicted octanol–water partition coefficient (Wildman–Crippen LogP) is 2.92. The predicted molar refractivity (Wildman–Crippen MR) is 71.3 cm³/mol. The smallest absolute Gasteiger partial charge is 0.208 e. The molecule has 0 amide bonds. The molecule has 1 aliphatic carbocycles. The molecule has 94 valence electrons. The first-order valence-electron chi connectivity index (χ1n) is 5.75. The molecule has 2 atom stereocenters. The summed E-state index contributed by atoms with van der Waals surface area (Å²) >= 11 is 3.29. The van der Waals surface area contributed by atoms with E-state index < -0.39 is 10.0 Å². The Bertz CT molecular complexity index is 484. The quantitative estimate of drug-likeness (QED) is 0.931. The lowest BCUT2D eigenvalue weighted by Crippen LogP contribution is -2.32. The second-order valence-corrected chi connectivity index (χ2v) is 7.32. The molecule has 0 aromatic heterocycles. The van der Waals surface area contributed by atoms with E-state index >= 15 is 0 Å². The average molecular weight is 318 g/mol. The van der Waals surface area contributed by atoms with Gasteiger partial charge in [0.15, 0.2) is 0 Å². The third kappa shape index (κ3) is 3.30. The van der Waals surface area contributed by atoms with Crippen molar-refractivity contribution in [1.29, 1.82) is 0 Å². The Kier molecular flexibility index (Phi) is 3.90. The molecule has 0 heterocycles. The normalized spacial score (nSPS) is 25.1. The van der Waals surface area contributed by atoms with Gasteiger partial charge < -0.3 is 0 Å². The molecule has 1 fully saturated rings. The fraction of sp³-hybridized carbons (Fsp3) is 0.500. The fourth-order valence-corrected chi connectivity index (χ4v) is 3.76. The number of hydrogen-bond acceptors (Lipinski definition) is 2. The van der Waals surface area contributed by atoms with Crippen LogP contribution in [0.5, 0.6) is 0 Å². The van der Waals surface area contributed by atoms with Crippen molar-refractivity contribution >= 4 is 26.0 Å². The summed E-state index contributed by atoms with van der Waals surface area (Å²) in [5.41, 5.74) is 0. The number of rotatable bonds is 3. The number of benzene rings is 1. The first-order chi connectivity index (χ1) is 7.97. The monoisotopic (exact) mass is 317 g/mol. The molecule has 3 nitrogen and oxygen atoms in total. The van der Waals surface area contributed by atoms with Gasteiger partial charge in [-0.3, -0.25) is 0 Å². The van der Waals surface area contributed by atoms with Gasteiger partial charge in [0.25, 0.3) is 0 Å². The molecule has 0 radical (unpaired) electrons. The summed E-state index contributed by atoms with van der Waals surface area (Å²) in [7, 11) is -3.35. The molecule has 1 aromatic rings. The number of sulfonamides is 1. The SMILES string of the molecule is CC1CCC(NS(=O)(=O)c2ccc(Br)cc2)C1. The zero-order chi connectivity index (χ0) is 12.5. The van der Waals surface area contributed by atoms with Gasteiger partial charge in [0.2, 0.25) is 10.0 Å². The van der Waals surface area contributed by atoms with Crippen LogP contribution in [0.3, 0.4) is 0 Å².